The summed E-state index contributed by atoms with van der Waals surface area (Å²) in [6.45, 7) is 2.56. The van der Waals surface area contributed by atoms with E-state index in [1.807, 2.05) is 6.92 Å². The lowest BCUT2D eigenvalue weighted by Gasteiger charge is -2.08. The fourth-order valence-electron chi connectivity index (χ4n) is 1.61. The lowest BCUT2D eigenvalue weighted by atomic mass is 10.3. The van der Waals surface area contributed by atoms with Gasteiger partial charge >= 0.3 is 5.69 Å². The molecule has 8 nitrogen and oxygen atoms in total. The third kappa shape index (κ3) is 3.56. The second-order valence-electron chi connectivity index (χ2n) is 3.94. The minimum atomic E-state index is -0.527. The summed E-state index contributed by atoms with van der Waals surface area (Å²) < 4.78 is 10.5. The maximum absolute atomic E-state index is 11.0. The topological polar surface area (TPSA) is 99.4 Å². The number of nitrogens with one attached hydrogen (secondary N) is 1. The highest BCUT2D eigenvalue weighted by molar-refractivity contribution is 5.52. The second kappa shape index (κ2) is 6.51. The minimum Gasteiger partial charge on any atom is -0.497 e. The van der Waals surface area contributed by atoms with Crippen LogP contribution in [0.5, 0.6) is 17.4 Å². The molecule has 0 saturated carbocycles. The van der Waals surface area contributed by atoms with Crippen LogP contribution in [0.1, 0.15) is 6.92 Å². The highest BCUT2D eigenvalue weighted by Gasteiger charge is 2.17. The Morgan fingerprint density at radius 3 is 2.86 bits per heavy atom. The molecule has 0 atom stereocenters. The van der Waals surface area contributed by atoms with Gasteiger partial charge in [0.2, 0.25) is 17.6 Å². The summed E-state index contributed by atoms with van der Waals surface area (Å²) in [4.78, 5) is 18.6. The van der Waals surface area contributed by atoms with Crippen LogP contribution in [0.25, 0.3) is 0 Å². The number of anilines is 1. The van der Waals surface area contributed by atoms with Crippen LogP contribution in [0.15, 0.2) is 30.5 Å². The zero-order valence-corrected chi connectivity index (χ0v) is 11.6. The van der Waals surface area contributed by atoms with Crippen molar-refractivity contribution < 1.29 is 14.4 Å². The van der Waals surface area contributed by atoms with Crippen molar-refractivity contribution in [3.05, 3.63) is 40.6 Å². The molecule has 0 unspecified atom stereocenters. The largest absolute Gasteiger partial charge is 0.497 e. The summed E-state index contributed by atoms with van der Waals surface area (Å²) in [6, 6.07) is 5.77. The van der Waals surface area contributed by atoms with Gasteiger partial charge in [-0.3, -0.25) is 10.1 Å². The summed E-state index contributed by atoms with van der Waals surface area (Å²) >= 11 is 0. The molecular formula is C13H14N4O4. The summed E-state index contributed by atoms with van der Waals surface area (Å²) in [6.07, 6.45) is 1.51. The van der Waals surface area contributed by atoms with Gasteiger partial charge in [-0.15, -0.1) is 0 Å². The van der Waals surface area contributed by atoms with Crippen molar-refractivity contribution in [3.8, 4) is 17.4 Å². The molecule has 0 saturated heterocycles. The Bertz CT molecular complexity index is 648. The second-order valence-corrected chi connectivity index (χ2v) is 3.94. The quantitative estimate of drug-likeness (QED) is 0.644. The zero-order chi connectivity index (χ0) is 15.2. The third-order valence-electron chi connectivity index (χ3n) is 2.54. The fourth-order valence-corrected chi connectivity index (χ4v) is 1.61. The first-order valence-electron chi connectivity index (χ1n) is 6.21. The van der Waals surface area contributed by atoms with Crippen LogP contribution in [-0.2, 0) is 0 Å². The molecule has 0 spiro atoms. The van der Waals surface area contributed by atoms with Crippen LogP contribution in [0, 0.1) is 10.1 Å². The van der Waals surface area contributed by atoms with E-state index in [2.05, 4.69) is 15.3 Å². The van der Waals surface area contributed by atoms with Crippen molar-refractivity contribution in [1.82, 2.24) is 9.97 Å². The van der Waals surface area contributed by atoms with Gasteiger partial charge in [0.25, 0.3) is 0 Å². The molecule has 2 rings (SSSR count). The van der Waals surface area contributed by atoms with Gasteiger partial charge in [0.15, 0.2) is 0 Å². The van der Waals surface area contributed by atoms with Crippen LogP contribution in [0.2, 0.25) is 0 Å². The molecule has 0 aliphatic carbocycles. The Morgan fingerprint density at radius 1 is 1.38 bits per heavy atom. The summed E-state index contributed by atoms with van der Waals surface area (Å²) in [5.74, 6) is 1.11. The Balaban J connectivity index is 2.33. The number of rotatable bonds is 6. The highest BCUT2D eigenvalue weighted by Crippen LogP contribution is 2.34. The van der Waals surface area contributed by atoms with Crippen LogP contribution >= 0.6 is 0 Å². The predicted molar refractivity (Wildman–Crippen MR) is 75.9 cm³/mol. The van der Waals surface area contributed by atoms with E-state index >= 15 is 0 Å². The van der Waals surface area contributed by atoms with Crippen molar-refractivity contribution in [2.45, 2.75) is 6.92 Å². The normalized spacial score (nSPS) is 10.0. The number of benzene rings is 1. The van der Waals surface area contributed by atoms with Gasteiger partial charge in [0.05, 0.1) is 12.0 Å². The summed E-state index contributed by atoms with van der Waals surface area (Å²) in [7, 11) is 1.47. The first-order chi connectivity index (χ1) is 10.1. The standard InChI is InChI=1S/C13H14N4O4/c1-3-14-13-15-7-6-12(16-13)21-11-8-9(20-2)4-5-10(11)17(18)19/h4-8H,3H2,1-2H3,(H,14,15,16). The number of nitro groups is 1. The van der Waals surface area contributed by atoms with E-state index in [1.165, 1.54) is 37.6 Å². The van der Waals surface area contributed by atoms with Crippen LogP contribution in [0.4, 0.5) is 11.6 Å². The zero-order valence-electron chi connectivity index (χ0n) is 11.6. The Morgan fingerprint density at radius 2 is 2.19 bits per heavy atom. The summed E-state index contributed by atoms with van der Waals surface area (Å²) in [5, 5.41) is 14.0. The molecule has 1 heterocycles. The molecule has 2 aromatic rings. The van der Waals surface area contributed by atoms with E-state index in [0.29, 0.717) is 18.2 Å². The maximum Gasteiger partial charge on any atom is 0.311 e. The molecule has 1 N–H and O–H groups in total. The summed E-state index contributed by atoms with van der Waals surface area (Å²) in [5.41, 5.74) is -0.167. The van der Waals surface area contributed by atoms with E-state index in [9.17, 15) is 10.1 Å². The van der Waals surface area contributed by atoms with Gasteiger partial charge in [0, 0.05) is 30.9 Å². The van der Waals surface area contributed by atoms with E-state index in [1.54, 1.807) is 0 Å². The van der Waals surface area contributed by atoms with Gasteiger partial charge in [0.1, 0.15) is 5.75 Å². The molecule has 21 heavy (non-hydrogen) atoms. The van der Waals surface area contributed by atoms with Crippen LogP contribution in [-0.4, -0.2) is 28.5 Å². The Labute approximate surface area is 120 Å². The van der Waals surface area contributed by atoms with Gasteiger partial charge in [-0.1, -0.05) is 0 Å². The number of nitro benzene ring substituents is 1. The van der Waals surface area contributed by atoms with E-state index in [-0.39, 0.29) is 17.3 Å². The van der Waals surface area contributed by atoms with Crippen LogP contribution in [0.3, 0.4) is 0 Å². The van der Waals surface area contributed by atoms with Crippen molar-refractivity contribution in [1.29, 1.82) is 0 Å². The van der Waals surface area contributed by atoms with Gasteiger partial charge in [-0.05, 0) is 13.0 Å². The molecule has 0 aliphatic rings. The van der Waals surface area contributed by atoms with Crippen molar-refractivity contribution in [3.63, 3.8) is 0 Å². The maximum atomic E-state index is 11.0. The minimum absolute atomic E-state index is 0.0560. The van der Waals surface area contributed by atoms with E-state index < -0.39 is 4.92 Å². The number of nitrogens with zero attached hydrogens (tertiary/aromatic N) is 3. The van der Waals surface area contributed by atoms with Gasteiger partial charge in [-0.2, -0.15) is 4.98 Å². The number of hydrogen-bond acceptors (Lipinski definition) is 7. The van der Waals surface area contributed by atoms with Crippen molar-refractivity contribution >= 4 is 11.6 Å². The molecule has 0 radical (unpaired) electrons. The molecule has 0 amide bonds. The SMILES string of the molecule is CCNc1nccc(Oc2cc(OC)ccc2[N+](=O)[O-])n1. The number of ether oxygens (including phenoxy) is 2. The molecule has 110 valence electrons. The Hall–Kier alpha value is -2.90. The lowest BCUT2D eigenvalue weighted by molar-refractivity contribution is -0.385. The molecular weight excluding hydrogens is 276 g/mol. The van der Waals surface area contributed by atoms with Crippen molar-refractivity contribution in [2.75, 3.05) is 19.0 Å². The highest BCUT2D eigenvalue weighted by atomic mass is 16.6. The average molecular weight is 290 g/mol. The third-order valence-corrected chi connectivity index (χ3v) is 2.54. The number of hydrogen-bond donors (Lipinski definition) is 1. The molecule has 1 aromatic heterocycles. The molecule has 8 heteroatoms. The van der Waals surface area contributed by atoms with Crippen LogP contribution < -0.4 is 14.8 Å². The first-order valence-corrected chi connectivity index (χ1v) is 6.21. The average Bonchev–Trinajstić information content (AvgIpc) is 2.47. The molecule has 0 aliphatic heterocycles. The molecule has 0 bridgehead atoms. The smallest absolute Gasteiger partial charge is 0.311 e. The van der Waals surface area contributed by atoms with Crippen molar-refractivity contribution in [2.24, 2.45) is 0 Å². The monoisotopic (exact) mass is 290 g/mol. The first kappa shape index (κ1) is 14.5. The van der Waals surface area contributed by atoms with Gasteiger partial charge < -0.3 is 14.8 Å². The number of aromatic nitrogens is 2. The predicted octanol–water partition coefficient (Wildman–Crippen LogP) is 2.62. The molecule has 1 aromatic carbocycles. The van der Waals surface area contributed by atoms with E-state index in [4.69, 9.17) is 9.47 Å². The Kier molecular flexibility index (Phi) is 4.50. The lowest BCUT2D eigenvalue weighted by Crippen LogP contribution is -2.02. The fraction of sp³-hybridized carbons (Fsp3) is 0.231. The number of methoxy groups -OCH3 is 1. The molecule has 0 fully saturated rings. The van der Waals surface area contributed by atoms with E-state index in [0.717, 1.165) is 0 Å². The van der Waals surface area contributed by atoms with Gasteiger partial charge in [-0.25, -0.2) is 4.98 Å².